The molecule has 0 saturated carbocycles. The Hall–Kier alpha value is -2.63. The molecule has 0 unspecified atom stereocenters. The van der Waals surface area contributed by atoms with Crippen molar-refractivity contribution in [3.63, 3.8) is 0 Å². The van der Waals surface area contributed by atoms with Crippen molar-refractivity contribution < 1.29 is 19.1 Å². The van der Waals surface area contributed by atoms with Gasteiger partial charge in [0.25, 0.3) is 5.91 Å². The lowest BCUT2D eigenvalue weighted by atomic mass is 9.79. The summed E-state index contributed by atoms with van der Waals surface area (Å²) in [5, 5.41) is 6.51. The average Bonchev–Trinajstić information content (AvgIpc) is 3.22. The molecule has 4 aliphatic heterocycles. The highest BCUT2D eigenvalue weighted by atomic mass is 79.9. The minimum absolute atomic E-state index is 0.0426. The lowest BCUT2D eigenvalue weighted by molar-refractivity contribution is -0.142. The van der Waals surface area contributed by atoms with Crippen LogP contribution in [0.25, 0.3) is 0 Å². The number of para-hydroxylation sites is 1. The van der Waals surface area contributed by atoms with E-state index in [1.807, 2.05) is 46.2 Å². The van der Waals surface area contributed by atoms with Crippen LogP contribution in [0.2, 0.25) is 0 Å². The molecule has 0 aliphatic carbocycles. The number of urea groups is 1. The molecule has 2 aromatic rings. The summed E-state index contributed by atoms with van der Waals surface area (Å²) in [5.74, 6) is 1.27. The number of hydrogen-bond acceptors (Lipinski definition) is 5. The van der Waals surface area contributed by atoms with Crippen molar-refractivity contribution >= 4 is 55.6 Å². The predicted octanol–water partition coefficient (Wildman–Crippen LogP) is 6.05. The van der Waals surface area contributed by atoms with Crippen LogP contribution in [0.3, 0.4) is 0 Å². The van der Waals surface area contributed by atoms with Gasteiger partial charge in [0.15, 0.2) is 6.10 Å². The molecule has 45 heavy (non-hydrogen) atoms. The Bertz CT molecular complexity index is 1350. The average molecular weight is 746 g/mol. The fourth-order valence-electron chi connectivity index (χ4n) is 7.53. The number of anilines is 1. The zero-order valence-electron chi connectivity index (χ0n) is 25.7. The highest BCUT2D eigenvalue weighted by molar-refractivity contribution is 9.11. The summed E-state index contributed by atoms with van der Waals surface area (Å²) in [6, 6.07) is 13.8. The summed E-state index contributed by atoms with van der Waals surface area (Å²) in [6.45, 7) is 5.18. The second-order valence-electron chi connectivity index (χ2n) is 12.9. The second-order valence-corrected chi connectivity index (χ2v) is 14.7. The molecule has 9 nitrogen and oxygen atoms in total. The van der Waals surface area contributed by atoms with Gasteiger partial charge in [0.05, 0.1) is 0 Å². The first-order valence-electron chi connectivity index (χ1n) is 16.4. The van der Waals surface area contributed by atoms with Gasteiger partial charge >= 0.3 is 12.1 Å². The number of halogens is 2. The molecular weight excluding hydrogens is 702 g/mol. The molecule has 1 atom stereocenters. The van der Waals surface area contributed by atoms with E-state index in [0.717, 1.165) is 64.0 Å². The van der Waals surface area contributed by atoms with Crippen LogP contribution in [0.5, 0.6) is 0 Å². The summed E-state index contributed by atoms with van der Waals surface area (Å²) < 4.78 is 7.86. The van der Waals surface area contributed by atoms with E-state index in [2.05, 4.69) is 48.6 Å². The van der Waals surface area contributed by atoms with Crippen molar-refractivity contribution in [1.82, 2.24) is 20.0 Å². The molecule has 3 saturated heterocycles. The summed E-state index contributed by atoms with van der Waals surface area (Å²) in [4.78, 5) is 46.1. The zero-order chi connectivity index (χ0) is 31.3. The third-order valence-electron chi connectivity index (χ3n) is 10.1. The Morgan fingerprint density at radius 1 is 0.844 bits per heavy atom. The Labute approximate surface area is 282 Å². The maximum atomic E-state index is 13.9. The summed E-state index contributed by atoms with van der Waals surface area (Å²) in [7, 11) is 0. The third kappa shape index (κ3) is 8.03. The molecule has 11 heteroatoms. The highest BCUT2D eigenvalue weighted by Crippen LogP contribution is 2.32. The van der Waals surface area contributed by atoms with Crippen LogP contribution in [-0.4, -0.2) is 90.7 Å². The first kappa shape index (κ1) is 32.3. The summed E-state index contributed by atoms with van der Waals surface area (Å²) >= 11 is 7.10. The van der Waals surface area contributed by atoms with Crippen LogP contribution < -0.4 is 10.6 Å². The molecule has 4 amide bonds. The first-order valence-corrected chi connectivity index (χ1v) is 18.0. The predicted molar refractivity (Wildman–Crippen MR) is 181 cm³/mol. The Balaban J connectivity index is 1.07. The van der Waals surface area contributed by atoms with Gasteiger partial charge in [-0.25, -0.2) is 9.59 Å². The lowest BCUT2D eigenvalue weighted by Crippen LogP contribution is -2.52. The number of hydrogen-bond donors (Lipinski definition) is 2. The van der Waals surface area contributed by atoms with Gasteiger partial charge in [-0.2, -0.15) is 0 Å². The van der Waals surface area contributed by atoms with Gasteiger partial charge in [-0.1, -0.05) is 50.1 Å². The second kappa shape index (κ2) is 14.9. The summed E-state index contributed by atoms with van der Waals surface area (Å²) in [5.41, 5.74) is 2.92. The van der Waals surface area contributed by atoms with Crippen molar-refractivity contribution in [1.29, 1.82) is 0 Å². The lowest BCUT2D eigenvalue weighted by Gasteiger charge is -2.39. The van der Waals surface area contributed by atoms with Crippen molar-refractivity contribution in [3.05, 3.63) is 62.5 Å². The van der Waals surface area contributed by atoms with Gasteiger partial charge in [0, 0.05) is 59.8 Å². The van der Waals surface area contributed by atoms with E-state index in [-0.39, 0.29) is 18.0 Å². The molecule has 2 aromatic carbocycles. The minimum Gasteiger partial charge on any atom is -0.436 e. The molecule has 0 aromatic heterocycles. The van der Waals surface area contributed by atoms with E-state index >= 15 is 0 Å². The largest absolute Gasteiger partial charge is 0.436 e. The van der Waals surface area contributed by atoms with E-state index < -0.39 is 12.2 Å². The molecule has 242 valence electrons. The van der Waals surface area contributed by atoms with Crippen molar-refractivity contribution in [3.8, 4) is 0 Å². The standard InChI is InChI=1S/C34H43Br2N5O4/c35-27-19-23(20-28(36)22-27)21-31(32(42)39-14-7-25(8-15-39)24-5-12-37-13-6-24)45-34(44)40-16-10-29(11-17-40)41-18-9-26-3-1-2-4-30(26)38-33(41)43/h1-4,19-20,22,24-25,29,31,37H,5-18,21H2,(H,38,43)/t31-/m1/s1. The van der Waals surface area contributed by atoms with Gasteiger partial charge in [-0.3, -0.25) is 4.79 Å². The van der Waals surface area contributed by atoms with Crippen LogP contribution >= 0.6 is 31.9 Å². The summed E-state index contributed by atoms with van der Waals surface area (Å²) in [6.07, 6.45) is 5.50. The number of likely N-dealkylation sites (tertiary alicyclic amines) is 2. The SMILES string of the molecule is O=C(O[C@H](Cc1cc(Br)cc(Br)c1)C(=O)N1CCC(C2CCNCC2)CC1)N1CCC(N2CCc3ccccc3NC2=O)CC1. The molecule has 3 fully saturated rings. The molecule has 2 N–H and O–H groups in total. The van der Waals surface area contributed by atoms with Gasteiger partial charge in [0.1, 0.15) is 0 Å². The maximum absolute atomic E-state index is 13.9. The Kier molecular flexibility index (Phi) is 10.7. The number of ether oxygens (including phenoxy) is 1. The Morgan fingerprint density at radius 2 is 1.49 bits per heavy atom. The van der Waals surface area contributed by atoms with Gasteiger partial charge in [-0.15, -0.1) is 0 Å². The van der Waals surface area contributed by atoms with Crippen LogP contribution in [0, 0.1) is 11.8 Å². The number of fused-ring (bicyclic) bond motifs is 1. The normalized spacial score (nSPS) is 21.1. The van der Waals surface area contributed by atoms with Gasteiger partial charge in [0.2, 0.25) is 0 Å². The number of nitrogens with one attached hydrogen (secondary N) is 2. The van der Waals surface area contributed by atoms with E-state index in [9.17, 15) is 14.4 Å². The van der Waals surface area contributed by atoms with Crippen LogP contribution in [-0.2, 0) is 22.4 Å². The van der Waals surface area contributed by atoms with Gasteiger partial charge in [-0.05, 0) is 105 Å². The van der Waals surface area contributed by atoms with E-state index in [1.165, 1.54) is 12.8 Å². The Morgan fingerprint density at radius 3 is 2.20 bits per heavy atom. The van der Waals surface area contributed by atoms with Crippen molar-refractivity contribution in [2.24, 2.45) is 11.8 Å². The minimum atomic E-state index is -0.901. The van der Waals surface area contributed by atoms with Gasteiger partial charge < -0.3 is 30.1 Å². The fraction of sp³-hybridized carbons (Fsp3) is 0.559. The van der Waals surface area contributed by atoms with Crippen LogP contribution in [0.15, 0.2) is 51.4 Å². The van der Waals surface area contributed by atoms with E-state index in [1.54, 1.807) is 4.90 Å². The monoisotopic (exact) mass is 743 g/mol. The number of amides is 4. The fourth-order valence-corrected chi connectivity index (χ4v) is 8.92. The highest BCUT2D eigenvalue weighted by Gasteiger charge is 2.36. The number of carbonyl (C=O) groups is 3. The first-order chi connectivity index (χ1) is 21.8. The molecule has 4 aliphatic rings. The number of nitrogens with zero attached hydrogens (tertiary/aromatic N) is 3. The number of rotatable bonds is 6. The molecular formula is C34H43Br2N5O4. The molecule has 0 spiro atoms. The quantitative estimate of drug-likeness (QED) is 0.376. The number of benzene rings is 2. The smallest absolute Gasteiger partial charge is 0.410 e. The zero-order valence-corrected chi connectivity index (χ0v) is 28.9. The topological polar surface area (TPSA) is 94.2 Å². The molecule has 0 radical (unpaired) electrons. The molecule has 0 bridgehead atoms. The van der Waals surface area contributed by atoms with E-state index in [0.29, 0.717) is 57.9 Å². The molecule has 6 rings (SSSR count). The number of carbonyl (C=O) groups excluding carboxylic acids is 3. The van der Waals surface area contributed by atoms with Crippen molar-refractivity contribution in [2.45, 2.75) is 63.5 Å². The van der Waals surface area contributed by atoms with Crippen molar-refractivity contribution in [2.75, 3.05) is 51.1 Å². The van der Waals surface area contributed by atoms with Crippen LogP contribution in [0.4, 0.5) is 15.3 Å². The maximum Gasteiger partial charge on any atom is 0.410 e. The third-order valence-corrected chi connectivity index (χ3v) is 11.0. The van der Waals surface area contributed by atoms with Crippen LogP contribution in [0.1, 0.15) is 49.7 Å². The molecule has 4 heterocycles. The number of piperidine rings is 3. The van der Waals surface area contributed by atoms with E-state index in [4.69, 9.17) is 4.74 Å².